The Morgan fingerprint density at radius 2 is 1.57 bits per heavy atom. The number of hydrogen-bond donors (Lipinski definition) is 2. The molecule has 0 unspecified atom stereocenters. The lowest BCUT2D eigenvalue weighted by molar-refractivity contribution is -0.138. The van der Waals surface area contributed by atoms with E-state index in [0.29, 0.717) is 46.5 Å². The molecule has 0 bridgehead atoms. The lowest BCUT2D eigenvalue weighted by Crippen LogP contribution is -2.53. The molecule has 0 spiro atoms. The van der Waals surface area contributed by atoms with Crippen molar-refractivity contribution >= 4 is 63.9 Å². The fraction of sp³-hybridized carbons (Fsp3) is 0.302. The number of amides is 4. The number of phenolic OH excluding ortho intramolecular Hbond substituents is 1. The average molecular weight is 794 g/mol. The van der Waals surface area contributed by atoms with Crippen LogP contribution in [0.1, 0.15) is 29.9 Å². The Bertz CT molecular complexity index is 2290. The van der Waals surface area contributed by atoms with Crippen LogP contribution >= 0.6 is 23.2 Å². The first-order chi connectivity index (χ1) is 27.1. The van der Waals surface area contributed by atoms with Crippen LogP contribution in [0.5, 0.6) is 11.5 Å². The maximum atomic E-state index is 15.4. The van der Waals surface area contributed by atoms with Crippen LogP contribution in [0.4, 0.5) is 17.1 Å². The highest BCUT2D eigenvalue weighted by molar-refractivity contribution is 6.36. The Morgan fingerprint density at radius 3 is 2.27 bits per heavy atom. The summed E-state index contributed by atoms with van der Waals surface area (Å²) in [5.41, 5.74) is 5.20. The van der Waals surface area contributed by atoms with Crippen molar-refractivity contribution in [2.24, 2.45) is 23.7 Å². The lowest BCUT2D eigenvalue weighted by atomic mass is 9.49. The van der Waals surface area contributed by atoms with Crippen LogP contribution < -0.4 is 20.0 Å². The fourth-order valence-corrected chi connectivity index (χ4v) is 10.3. The number of ether oxygens (including phenoxy) is 2. The van der Waals surface area contributed by atoms with Gasteiger partial charge in [-0.3, -0.25) is 29.5 Å². The van der Waals surface area contributed by atoms with Crippen molar-refractivity contribution < 1.29 is 33.8 Å². The van der Waals surface area contributed by atoms with Crippen LogP contribution in [0.3, 0.4) is 0 Å². The highest BCUT2D eigenvalue weighted by atomic mass is 35.5. The molecule has 286 valence electrons. The summed E-state index contributed by atoms with van der Waals surface area (Å²) in [6.07, 6.45) is 2.38. The van der Waals surface area contributed by atoms with Crippen molar-refractivity contribution in [2.45, 2.75) is 24.2 Å². The number of rotatable bonds is 7. The molecular weight excluding hydrogens is 755 g/mol. The van der Waals surface area contributed by atoms with Crippen molar-refractivity contribution in [1.82, 2.24) is 5.01 Å². The summed E-state index contributed by atoms with van der Waals surface area (Å²) < 4.78 is 11.0. The molecule has 9 rings (SSSR count). The van der Waals surface area contributed by atoms with Gasteiger partial charge < -0.3 is 19.5 Å². The maximum Gasteiger partial charge on any atom is 0.260 e. The fourth-order valence-electron chi connectivity index (χ4n) is 9.81. The van der Waals surface area contributed by atoms with Gasteiger partial charge in [0, 0.05) is 29.7 Å². The second kappa shape index (κ2) is 14.0. The number of phenols is 1. The summed E-state index contributed by atoms with van der Waals surface area (Å²) >= 11 is 12.7. The van der Waals surface area contributed by atoms with E-state index in [4.69, 9.17) is 32.7 Å². The van der Waals surface area contributed by atoms with Crippen LogP contribution in [0.25, 0.3) is 0 Å². The van der Waals surface area contributed by atoms with Crippen LogP contribution in [0.2, 0.25) is 10.0 Å². The molecule has 4 fully saturated rings. The van der Waals surface area contributed by atoms with Gasteiger partial charge in [0.2, 0.25) is 11.8 Å². The van der Waals surface area contributed by atoms with Crippen LogP contribution in [0, 0.1) is 23.7 Å². The Hall–Kier alpha value is -5.36. The molecular formula is C43H38Cl2N4O7. The zero-order chi connectivity index (χ0) is 38.9. The zero-order valence-corrected chi connectivity index (χ0v) is 31.9. The molecule has 5 aliphatic rings. The number of halogens is 2. The number of fused-ring (bicyclic) bond motifs is 4. The molecule has 3 aliphatic heterocycles. The number of anilines is 3. The van der Waals surface area contributed by atoms with Crippen molar-refractivity contribution in [1.29, 1.82) is 0 Å². The summed E-state index contributed by atoms with van der Waals surface area (Å²) in [6.45, 7) is 2.77. The van der Waals surface area contributed by atoms with E-state index in [0.717, 1.165) is 29.4 Å². The number of allylic oxidation sites excluding steroid dienone is 2. The van der Waals surface area contributed by atoms with Gasteiger partial charge in [0.1, 0.15) is 11.5 Å². The molecule has 1 saturated carbocycles. The number of carbonyl (C=O) groups excluding carboxylic acids is 4. The van der Waals surface area contributed by atoms with Crippen molar-refractivity contribution in [2.75, 3.05) is 48.6 Å². The normalized spacial score (nSPS) is 27.2. The smallest absolute Gasteiger partial charge is 0.260 e. The number of hydrazine groups is 1. The third kappa shape index (κ3) is 5.58. The molecule has 13 heteroatoms. The molecule has 2 N–H and O–H groups in total. The van der Waals surface area contributed by atoms with E-state index in [2.05, 4.69) is 10.3 Å². The first kappa shape index (κ1) is 36.3. The van der Waals surface area contributed by atoms with Crippen LogP contribution in [0.15, 0.2) is 103 Å². The maximum absolute atomic E-state index is 15.4. The van der Waals surface area contributed by atoms with E-state index in [1.54, 1.807) is 61.7 Å². The molecule has 3 heterocycles. The van der Waals surface area contributed by atoms with Gasteiger partial charge in [0.25, 0.3) is 11.8 Å². The predicted molar refractivity (Wildman–Crippen MR) is 211 cm³/mol. The quantitative estimate of drug-likeness (QED) is 0.155. The Morgan fingerprint density at radius 1 is 0.839 bits per heavy atom. The molecule has 0 radical (unpaired) electrons. The van der Waals surface area contributed by atoms with Gasteiger partial charge in [-0.25, -0.2) is 0 Å². The Labute approximate surface area is 333 Å². The number of morpholine rings is 1. The van der Waals surface area contributed by atoms with E-state index in [9.17, 15) is 19.5 Å². The largest absolute Gasteiger partial charge is 0.508 e. The molecule has 2 aliphatic carbocycles. The van der Waals surface area contributed by atoms with E-state index in [1.807, 2.05) is 36.4 Å². The minimum Gasteiger partial charge on any atom is -0.508 e. The molecule has 56 heavy (non-hydrogen) atoms. The summed E-state index contributed by atoms with van der Waals surface area (Å²) in [5, 5.41) is 12.5. The van der Waals surface area contributed by atoms with Crippen LogP contribution in [-0.4, -0.2) is 67.2 Å². The highest BCUT2D eigenvalue weighted by Crippen LogP contribution is 2.64. The molecule has 6 atom stereocenters. The molecule has 4 amide bonds. The van der Waals surface area contributed by atoms with E-state index >= 15 is 4.79 Å². The van der Waals surface area contributed by atoms with Crippen molar-refractivity contribution in [3.8, 4) is 11.5 Å². The van der Waals surface area contributed by atoms with Gasteiger partial charge in [-0.1, -0.05) is 59.1 Å². The van der Waals surface area contributed by atoms with Gasteiger partial charge in [0.05, 0.1) is 59.9 Å². The topological polar surface area (TPSA) is 129 Å². The summed E-state index contributed by atoms with van der Waals surface area (Å²) in [7, 11) is 1.55. The van der Waals surface area contributed by atoms with Gasteiger partial charge >= 0.3 is 0 Å². The Balaban J connectivity index is 1.16. The van der Waals surface area contributed by atoms with Crippen molar-refractivity contribution in [3.05, 3.63) is 124 Å². The first-order valence-corrected chi connectivity index (χ1v) is 19.4. The molecule has 11 nitrogen and oxygen atoms in total. The number of methoxy groups -OCH3 is 1. The highest BCUT2D eigenvalue weighted by Gasteiger charge is 2.70. The zero-order valence-electron chi connectivity index (χ0n) is 30.4. The number of hydrogen-bond acceptors (Lipinski definition) is 9. The summed E-state index contributed by atoms with van der Waals surface area (Å²) in [4.78, 5) is 62.8. The van der Waals surface area contributed by atoms with Gasteiger partial charge in [-0.05, 0) is 96.6 Å². The van der Waals surface area contributed by atoms with E-state index in [-0.39, 0.29) is 35.4 Å². The monoisotopic (exact) mass is 792 g/mol. The molecule has 4 aromatic carbocycles. The SMILES string of the molecule is COc1ccc([C@@]23C(=O)N(Nc4ccc(Cl)cc4Cl)C(=O)[C@@H]2C[C@@H]2C(=CC[C@@H]4C(=O)N(c5ccc(N6CCOCC6)cc5)C(=O)[C@@H]42)[C@@H]3c2cccc(O)c2)cc1. The number of nitrogens with one attached hydrogen (secondary N) is 1. The number of nitrogens with zero attached hydrogens (tertiary/aromatic N) is 3. The summed E-state index contributed by atoms with van der Waals surface area (Å²) in [5.74, 6) is -4.87. The van der Waals surface area contributed by atoms with Crippen molar-refractivity contribution in [3.63, 3.8) is 0 Å². The lowest BCUT2D eigenvalue weighted by Gasteiger charge is -2.50. The Kier molecular flexibility index (Phi) is 9.06. The van der Waals surface area contributed by atoms with Gasteiger partial charge in [0.15, 0.2) is 0 Å². The average Bonchev–Trinajstić information content (AvgIpc) is 3.59. The van der Waals surface area contributed by atoms with Gasteiger partial charge in [-0.15, -0.1) is 0 Å². The molecule has 0 aromatic heterocycles. The standard InChI is InChI=1S/C43H38Cl2N4O7/c1-55-30-12-5-25(6-13-30)43-34(40(52)49(42(43)54)46-36-16-7-26(44)22-35(36)45)23-33-31(38(43)24-3-2-4-29(50)21-24)14-15-32-37(33)41(53)48(39(32)51)28-10-8-27(9-11-28)47-17-19-56-20-18-47/h2-14,16,21-22,32-34,37-38,46,50H,15,17-20,23H2,1H3/t32-,33+,34-,37-,38-,43+/m0/s1. The third-order valence-corrected chi connectivity index (χ3v) is 12.8. The minimum absolute atomic E-state index is 0.0149. The third-order valence-electron chi connectivity index (χ3n) is 12.3. The van der Waals surface area contributed by atoms with E-state index in [1.165, 1.54) is 11.0 Å². The second-order valence-electron chi connectivity index (χ2n) is 14.9. The number of aromatic hydroxyl groups is 1. The minimum atomic E-state index is -1.53. The number of benzene rings is 4. The predicted octanol–water partition coefficient (Wildman–Crippen LogP) is 6.73. The molecule has 4 aromatic rings. The van der Waals surface area contributed by atoms with E-state index < -0.39 is 46.8 Å². The first-order valence-electron chi connectivity index (χ1n) is 18.7. The number of carbonyl (C=O) groups is 4. The van der Waals surface area contributed by atoms with Crippen LogP contribution in [-0.2, 0) is 29.3 Å². The van der Waals surface area contributed by atoms with Gasteiger partial charge in [-0.2, -0.15) is 5.01 Å². The molecule has 3 saturated heterocycles. The second-order valence-corrected chi connectivity index (χ2v) is 15.8. The summed E-state index contributed by atoms with van der Waals surface area (Å²) in [6, 6.07) is 26.0. The number of imide groups is 2.